The summed E-state index contributed by atoms with van der Waals surface area (Å²) in [6.45, 7) is 3.61. The highest BCUT2D eigenvalue weighted by Gasteiger charge is 2.33. The van der Waals surface area contributed by atoms with Crippen molar-refractivity contribution in [1.82, 2.24) is 0 Å². The van der Waals surface area contributed by atoms with Crippen molar-refractivity contribution >= 4 is 29.8 Å². The molecule has 0 N–H and O–H groups in total. The quantitative estimate of drug-likeness (QED) is 0.364. The van der Waals surface area contributed by atoms with Gasteiger partial charge in [0.25, 0.3) is 0 Å². The Balaban J connectivity index is 2.06. The van der Waals surface area contributed by atoms with Gasteiger partial charge >= 0.3 is 17.9 Å². The zero-order chi connectivity index (χ0) is 24.3. The highest BCUT2D eigenvalue weighted by molar-refractivity contribution is 6.16. The Morgan fingerprint density at radius 2 is 1.36 bits per heavy atom. The van der Waals surface area contributed by atoms with Gasteiger partial charge in [-0.15, -0.1) is 0 Å². The Labute approximate surface area is 188 Å². The van der Waals surface area contributed by atoms with Crippen LogP contribution in [0.25, 0.3) is 6.08 Å². The average molecular weight is 456 g/mol. The van der Waals surface area contributed by atoms with Crippen LogP contribution < -0.4 is 28.4 Å². The summed E-state index contributed by atoms with van der Waals surface area (Å²) in [5.74, 6) is -2.03. The minimum Gasteiger partial charge on any atom is -0.493 e. The molecule has 0 unspecified atom stereocenters. The van der Waals surface area contributed by atoms with Crippen molar-refractivity contribution in [3.8, 4) is 34.5 Å². The van der Waals surface area contributed by atoms with Crippen molar-refractivity contribution in [3.63, 3.8) is 0 Å². The second-order valence-corrected chi connectivity index (χ2v) is 6.77. The van der Waals surface area contributed by atoms with Gasteiger partial charge in [-0.2, -0.15) is 0 Å². The van der Waals surface area contributed by atoms with Gasteiger partial charge in [0.15, 0.2) is 17.3 Å². The summed E-state index contributed by atoms with van der Waals surface area (Å²) in [6.07, 6.45) is 1.41. The fourth-order valence-electron chi connectivity index (χ4n) is 3.09. The van der Waals surface area contributed by atoms with Crippen LogP contribution in [0.1, 0.15) is 36.7 Å². The van der Waals surface area contributed by atoms with Crippen LogP contribution in [0.2, 0.25) is 0 Å². The van der Waals surface area contributed by atoms with E-state index in [1.54, 1.807) is 0 Å². The molecule has 0 aliphatic carbocycles. The lowest BCUT2D eigenvalue weighted by molar-refractivity contribution is -0.133. The third kappa shape index (κ3) is 5.12. The zero-order valence-electron chi connectivity index (χ0n) is 18.5. The van der Waals surface area contributed by atoms with Crippen molar-refractivity contribution in [3.05, 3.63) is 41.2 Å². The minimum atomic E-state index is -0.669. The molecule has 0 saturated carbocycles. The first-order valence-corrected chi connectivity index (χ1v) is 9.56. The summed E-state index contributed by atoms with van der Waals surface area (Å²) in [5.41, 5.74) is 0.438. The van der Waals surface area contributed by atoms with Crippen LogP contribution >= 0.6 is 0 Å². The van der Waals surface area contributed by atoms with Gasteiger partial charge in [0.1, 0.15) is 22.8 Å². The fourth-order valence-corrected chi connectivity index (χ4v) is 3.09. The number of ether oxygens (including phenoxy) is 6. The molecule has 0 aromatic heterocycles. The summed E-state index contributed by atoms with van der Waals surface area (Å²) in [7, 11) is 2.77. The number of benzene rings is 2. The van der Waals surface area contributed by atoms with Gasteiger partial charge in [-0.05, 0) is 23.8 Å². The van der Waals surface area contributed by atoms with E-state index in [2.05, 4.69) is 0 Å². The van der Waals surface area contributed by atoms with Gasteiger partial charge < -0.3 is 28.4 Å². The molecule has 0 spiro atoms. The van der Waals surface area contributed by atoms with Crippen molar-refractivity contribution in [1.29, 1.82) is 0 Å². The summed E-state index contributed by atoms with van der Waals surface area (Å²) in [4.78, 5) is 47.3. The standard InChI is InChI=1S/C23H20O10/c1-11(24)30-15-9-16(31-12(2)25)21-17(10-15)33-18(22(21)27)6-14-7-19(28-4)23(32-13(3)26)20(8-14)29-5/h6-10H,1-5H3/b18-6-. The van der Waals surface area contributed by atoms with Crippen LogP contribution in [-0.2, 0) is 14.4 Å². The zero-order valence-corrected chi connectivity index (χ0v) is 18.5. The van der Waals surface area contributed by atoms with Crippen LogP contribution in [0, 0.1) is 0 Å². The van der Waals surface area contributed by atoms with Crippen LogP contribution in [0.4, 0.5) is 0 Å². The lowest BCUT2D eigenvalue weighted by Crippen LogP contribution is -2.07. The molecule has 0 fully saturated rings. The van der Waals surface area contributed by atoms with Gasteiger partial charge in [-0.1, -0.05) is 0 Å². The second-order valence-electron chi connectivity index (χ2n) is 6.77. The molecule has 0 saturated heterocycles. The largest absolute Gasteiger partial charge is 0.493 e. The van der Waals surface area contributed by atoms with Crippen molar-refractivity contribution in [2.75, 3.05) is 14.2 Å². The lowest BCUT2D eigenvalue weighted by Gasteiger charge is -2.13. The number of methoxy groups -OCH3 is 2. The van der Waals surface area contributed by atoms with E-state index >= 15 is 0 Å². The summed E-state index contributed by atoms with van der Waals surface area (Å²) in [6, 6.07) is 5.63. The summed E-state index contributed by atoms with van der Waals surface area (Å²) in [5, 5.41) is 0. The number of ketones is 1. The highest BCUT2D eigenvalue weighted by atomic mass is 16.6. The average Bonchev–Trinajstić information content (AvgIpc) is 3.02. The van der Waals surface area contributed by atoms with Crippen LogP contribution in [0.15, 0.2) is 30.0 Å². The van der Waals surface area contributed by atoms with E-state index in [1.165, 1.54) is 65.3 Å². The van der Waals surface area contributed by atoms with Crippen LogP contribution in [-0.4, -0.2) is 37.9 Å². The van der Waals surface area contributed by atoms with E-state index in [0.717, 1.165) is 0 Å². The van der Waals surface area contributed by atoms with Gasteiger partial charge in [0.05, 0.1) is 14.2 Å². The maximum absolute atomic E-state index is 13.0. The Kier molecular flexibility index (Phi) is 6.67. The number of hydrogen-bond acceptors (Lipinski definition) is 10. The Bertz CT molecular complexity index is 1170. The molecular formula is C23H20O10. The molecule has 1 aliphatic rings. The second kappa shape index (κ2) is 9.43. The monoisotopic (exact) mass is 456 g/mol. The van der Waals surface area contributed by atoms with Crippen molar-refractivity contribution < 1.29 is 47.6 Å². The number of allylic oxidation sites excluding steroid dienone is 1. The van der Waals surface area contributed by atoms with Crippen molar-refractivity contribution in [2.24, 2.45) is 0 Å². The third-order valence-electron chi connectivity index (χ3n) is 4.25. The Hall–Kier alpha value is -4.34. The fraction of sp³-hybridized carbons (Fsp3) is 0.217. The molecule has 0 radical (unpaired) electrons. The van der Waals surface area contributed by atoms with Crippen LogP contribution in [0.5, 0.6) is 34.5 Å². The predicted octanol–water partition coefficient (Wildman–Crippen LogP) is 3.10. The van der Waals surface area contributed by atoms with Crippen LogP contribution in [0.3, 0.4) is 0 Å². The molecule has 3 rings (SSSR count). The number of hydrogen-bond donors (Lipinski definition) is 0. The van der Waals surface area contributed by atoms with E-state index in [-0.39, 0.29) is 45.8 Å². The maximum atomic E-state index is 13.0. The highest BCUT2D eigenvalue weighted by Crippen LogP contribution is 2.43. The third-order valence-corrected chi connectivity index (χ3v) is 4.25. The van der Waals surface area contributed by atoms with E-state index < -0.39 is 23.7 Å². The number of carbonyl (C=O) groups excluding carboxylic acids is 4. The number of rotatable bonds is 6. The van der Waals surface area contributed by atoms with E-state index in [0.29, 0.717) is 5.56 Å². The number of esters is 3. The van der Waals surface area contributed by atoms with Gasteiger partial charge in [-0.25, -0.2) is 0 Å². The molecule has 2 aromatic carbocycles. The van der Waals surface area contributed by atoms with E-state index in [9.17, 15) is 19.2 Å². The summed E-state index contributed by atoms with van der Waals surface area (Å²) < 4.78 is 31.6. The molecular weight excluding hydrogens is 436 g/mol. The Morgan fingerprint density at radius 3 is 1.88 bits per heavy atom. The molecule has 1 aliphatic heterocycles. The first-order valence-electron chi connectivity index (χ1n) is 9.56. The van der Waals surface area contributed by atoms with Gasteiger partial charge in [0, 0.05) is 32.9 Å². The molecule has 2 aromatic rings. The molecule has 10 nitrogen and oxygen atoms in total. The minimum absolute atomic E-state index is 0.00261. The SMILES string of the molecule is COc1cc(/C=C2\Oc3cc(OC(C)=O)cc(OC(C)=O)c3C2=O)cc(OC)c1OC(C)=O. The number of Topliss-reactive ketones (excluding diaryl/α,β-unsaturated/α-hetero) is 1. The normalized spacial score (nSPS) is 13.1. The van der Waals surface area contributed by atoms with Crippen molar-refractivity contribution in [2.45, 2.75) is 20.8 Å². The molecule has 0 bridgehead atoms. The van der Waals surface area contributed by atoms with Gasteiger partial charge in [-0.3, -0.25) is 19.2 Å². The number of carbonyl (C=O) groups is 4. The smallest absolute Gasteiger partial charge is 0.308 e. The molecule has 0 amide bonds. The topological polar surface area (TPSA) is 124 Å². The summed E-state index contributed by atoms with van der Waals surface area (Å²) >= 11 is 0. The van der Waals surface area contributed by atoms with Gasteiger partial charge in [0.2, 0.25) is 11.5 Å². The molecule has 10 heteroatoms. The maximum Gasteiger partial charge on any atom is 0.308 e. The molecule has 1 heterocycles. The first-order chi connectivity index (χ1) is 15.6. The van der Waals surface area contributed by atoms with E-state index in [4.69, 9.17) is 28.4 Å². The molecule has 0 atom stereocenters. The van der Waals surface area contributed by atoms with E-state index in [1.807, 2.05) is 0 Å². The first kappa shape index (κ1) is 23.3. The number of fused-ring (bicyclic) bond motifs is 1. The molecule has 33 heavy (non-hydrogen) atoms. The predicted molar refractivity (Wildman–Crippen MR) is 113 cm³/mol. The molecule has 172 valence electrons. The Morgan fingerprint density at radius 1 is 0.788 bits per heavy atom. The lowest BCUT2D eigenvalue weighted by atomic mass is 10.1.